The minimum Gasteiger partial charge on any atom is -0.346 e. The molecule has 0 spiro atoms. The summed E-state index contributed by atoms with van der Waals surface area (Å²) >= 11 is 0. The Morgan fingerprint density at radius 3 is 2.56 bits per heavy atom. The summed E-state index contributed by atoms with van der Waals surface area (Å²) in [5.41, 5.74) is 5.52. The second-order valence-corrected chi connectivity index (χ2v) is 7.40. The van der Waals surface area contributed by atoms with Gasteiger partial charge in [-0.25, -0.2) is 4.39 Å². The molecule has 3 rings (SSSR count). The molecule has 0 saturated heterocycles. The number of carbonyl (C=O) groups is 1. The number of halogens is 1. The van der Waals surface area contributed by atoms with Crippen molar-refractivity contribution in [3.8, 4) is 0 Å². The number of nitrogens with zero attached hydrogens (tertiary/aromatic N) is 1. The largest absolute Gasteiger partial charge is 0.346 e. The van der Waals surface area contributed by atoms with E-state index in [1.807, 2.05) is 25.1 Å². The van der Waals surface area contributed by atoms with Crippen LogP contribution in [0.3, 0.4) is 0 Å². The summed E-state index contributed by atoms with van der Waals surface area (Å²) in [6.45, 7) is 8.51. The van der Waals surface area contributed by atoms with Crippen molar-refractivity contribution in [2.75, 3.05) is 13.1 Å². The van der Waals surface area contributed by atoms with Crippen LogP contribution in [0.5, 0.6) is 0 Å². The first-order valence-electron chi connectivity index (χ1n) is 9.46. The van der Waals surface area contributed by atoms with E-state index in [0.29, 0.717) is 0 Å². The Morgan fingerprint density at radius 2 is 1.93 bits per heavy atom. The van der Waals surface area contributed by atoms with Gasteiger partial charge in [0.1, 0.15) is 5.82 Å². The standard InChI is InChI=1S/C23H27FN2O/c1-16-4-9-22(17(2)14-16)18(3)25-23(27)20-10-12-26(13-11-20)15-19-5-7-21(24)8-6-19/h4-10,14,18H,11-13,15H2,1-3H3,(H,25,27)/t18-/m1/s1. The van der Waals surface area contributed by atoms with Gasteiger partial charge >= 0.3 is 0 Å². The number of nitrogens with one attached hydrogen (secondary N) is 1. The van der Waals surface area contributed by atoms with Crippen LogP contribution in [-0.2, 0) is 11.3 Å². The smallest absolute Gasteiger partial charge is 0.247 e. The van der Waals surface area contributed by atoms with Crippen molar-refractivity contribution in [1.82, 2.24) is 10.2 Å². The van der Waals surface area contributed by atoms with E-state index in [4.69, 9.17) is 0 Å². The predicted molar refractivity (Wildman–Crippen MR) is 107 cm³/mol. The van der Waals surface area contributed by atoms with E-state index in [1.54, 1.807) is 0 Å². The van der Waals surface area contributed by atoms with Gasteiger partial charge in [-0.2, -0.15) is 0 Å². The molecule has 1 atom stereocenters. The Hall–Kier alpha value is -2.46. The van der Waals surface area contributed by atoms with E-state index in [2.05, 4.69) is 42.3 Å². The molecule has 3 nitrogen and oxygen atoms in total. The van der Waals surface area contributed by atoms with Crippen LogP contribution >= 0.6 is 0 Å². The number of amides is 1. The summed E-state index contributed by atoms with van der Waals surface area (Å²) in [6.07, 6.45) is 2.74. The quantitative estimate of drug-likeness (QED) is 0.848. The molecule has 1 heterocycles. The maximum atomic E-state index is 13.0. The first-order chi connectivity index (χ1) is 12.9. The minimum absolute atomic E-state index is 0.0174. The Morgan fingerprint density at radius 1 is 1.19 bits per heavy atom. The summed E-state index contributed by atoms with van der Waals surface area (Å²) < 4.78 is 13.0. The number of benzene rings is 2. The van der Waals surface area contributed by atoms with Crippen molar-refractivity contribution in [1.29, 1.82) is 0 Å². The van der Waals surface area contributed by atoms with Gasteiger partial charge in [-0.05, 0) is 56.0 Å². The van der Waals surface area contributed by atoms with Crippen LogP contribution in [0.25, 0.3) is 0 Å². The highest BCUT2D eigenvalue weighted by molar-refractivity contribution is 5.93. The van der Waals surface area contributed by atoms with E-state index in [9.17, 15) is 9.18 Å². The van der Waals surface area contributed by atoms with Crippen LogP contribution in [0.4, 0.5) is 4.39 Å². The molecule has 2 aromatic carbocycles. The number of hydrogen-bond donors (Lipinski definition) is 1. The molecule has 0 bridgehead atoms. The Bertz CT molecular complexity index is 842. The fraction of sp³-hybridized carbons (Fsp3) is 0.348. The first-order valence-corrected chi connectivity index (χ1v) is 9.46. The zero-order valence-corrected chi connectivity index (χ0v) is 16.3. The van der Waals surface area contributed by atoms with Crippen molar-refractivity contribution in [2.24, 2.45) is 0 Å². The molecule has 0 fully saturated rings. The second-order valence-electron chi connectivity index (χ2n) is 7.40. The normalized spacial score (nSPS) is 15.9. The average molecular weight is 366 g/mol. The van der Waals surface area contributed by atoms with Crippen molar-refractivity contribution < 1.29 is 9.18 Å². The molecule has 0 unspecified atom stereocenters. The van der Waals surface area contributed by atoms with Gasteiger partial charge in [-0.1, -0.05) is 42.0 Å². The van der Waals surface area contributed by atoms with Gasteiger partial charge in [0.2, 0.25) is 5.91 Å². The molecular formula is C23H27FN2O. The van der Waals surface area contributed by atoms with Gasteiger partial charge in [-0.15, -0.1) is 0 Å². The van der Waals surface area contributed by atoms with Gasteiger partial charge < -0.3 is 5.32 Å². The number of hydrogen-bond acceptors (Lipinski definition) is 2. The lowest BCUT2D eigenvalue weighted by Gasteiger charge is -2.26. The molecule has 0 radical (unpaired) electrons. The summed E-state index contributed by atoms with van der Waals surface area (Å²) in [4.78, 5) is 14.9. The zero-order valence-electron chi connectivity index (χ0n) is 16.3. The molecular weight excluding hydrogens is 339 g/mol. The first kappa shape index (κ1) is 19.3. The maximum absolute atomic E-state index is 13.0. The van der Waals surface area contributed by atoms with Gasteiger partial charge in [-0.3, -0.25) is 9.69 Å². The van der Waals surface area contributed by atoms with E-state index in [-0.39, 0.29) is 17.8 Å². The average Bonchev–Trinajstić information content (AvgIpc) is 2.64. The third-order valence-electron chi connectivity index (χ3n) is 5.14. The maximum Gasteiger partial charge on any atom is 0.247 e. The summed E-state index contributed by atoms with van der Waals surface area (Å²) in [7, 11) is 0. The number of rotatable bonds is 5. The molecule has 27 heavy (non-hydrogen) atoms. The van der Waals surface area contributed by atoms with Crippen molar-refractivity contribution in [3.05, 3.63) is 82.2 Å². The highest BCUT2D eigenvalue weighted by Gasteiger charge is 2.19. The predicted octanol–water partition coefficient (Wildman–Crippen LogP) is 4.45. The van der Waals surface area contributed by atoms with E-state index >= 15 is 0 Å². The molecule has 0 saturated carbocycles. The minimum atomic E-state index is -0.214. The lowest BCUT2D eigenvalue weighted by atomic mass is 9.99. The third-order valence-corrected chi connectivity index (χ3v) is 5.14. The fourth-order valence-electron chi connectivity index (χ4n) is 3.59. The lowest BCUT2D eigenvalue weighted by molar-refractivity contribution is -0.118. The van der Waals surface area contributed by atoms with Crippen LogP contribution in [0.15, 0.2) is 54.1 Å². The van der Waals surface area contributed by atoms with E-state index in [1.165, 1.54) is 23.3 Å². The van der Waals surface area contributed by atoms with E-state index < -0.39 is 0 Å². The monoisotopic (exact) mass is 366 g/mol. The molecule has 1 amide bonds. The van der Waals surface area contributed by atoms with Gasteiger partial charge in [0.25, 0.3) is 0 Å². The van der Waals surface area contributed by atoms with Crippen molar-refractivity contribution >= 4 is 5.91 Å². The SMILES string of the molecule is Cc1ccc([C@@H](C)NC(=O)C2=CCN(Cc3ccc(F)cc3)CC2)c(C)c1. The van der Waals surface area contributed by atoms with Crippen LogP contribution in [0.2, 0.25) is 0 Å². The third kappa shape index (κ3) is 5.04. The van der Waals surface area contributed by atoms with Crippen LogP contribution in [0.1, 0.15) is 41.6 Å². The fourth-order valence-corrected chi connectivity index (χ4v) is 3.59. The summed E-state index contributed by atoms with van der Waals surface area (Å²) in [5, 5.41) is 3.13. The molecule has 1 aliphatic heterocycles. The number of carbonyl (C=O) groups excluding carboxylic acids is 1. The topological polar surface area (TPSA) is 32.3 Å². The zero-order chi connectivity index (χ0) is 19.4. The molecule has 1 N–H and O–H groups in total. The van der Waals surface area contributed by atoms with Gasteiger partial charge in [0, 0.05) is 25.2 Å². The van der Waals surface area contributed by atoms with Crippen molar-refractivity contribution in [2.45, 2.75) is 39.8 Å². The molecule has 4 heteroatoms. The Labute approximate surface area is 160 Å². The van der Waals surface area contributed by atoms with Crippen LogP contribution < -0.4 is 5.32 Å². The molecule has 1 aliphatic rings. The lowest BCUT2D eigenvalue weighted by Crippen LogP contribution is -2.34. The van der Waals surface area contributed by atoms with E-state index in [0.717, 1.165) is 42.8 Å². The Kier molecular flexibility index (Phi) is 6.07. The van der Waals surface area contributed by atoms with Crippen LogP contribution in [0, 0.1) is 19.7 Å². The van der Waals surface area contributed by atoms with Crippen molar-refractivity contribution in [3.63, 3.8) is 0 Å². The highest BCUT2D eigenvalue weighted by Crippen LogP contribution is 2.20. The summed E-state index contributed by atoms with van der Waals surface area (Å²) in [5.74, 6) is -0.196. The number of aryl methyl sites for hydroxylation is 2. The van der Waals surface area contributed by atoms with Crippen LogP contribution in [-0.4, -0.2) is 23.9 Å². The molecule has 0 aromatic heterocycles. The highest BCUT2D eigenvalue weighted by atomic mass is 19.1. The molecule has 142 valence electrons. The summed E-state index contributed by atoms with van der Waals surface area (Å²) in [6, 6.07) is 12.9. The molecule has 0 aliphatic carbocycles. The Balaban J connectivity index is 1.56. The molecule has 2 aromatic rings. The van der Waals surface area contributed by atoms with Gasteiger partial charge in [0.05, 0.1) is 6.04 Å². The van der Waals surface area contributed by atoms with Gasteiger partial charge in [0.15, 0.2) is 0 Å². The second kappa shape index (κ2) is 8.49.